The topological polar surface area (TPSA) is 99.0 Å². The van der Waals surface area contributed by atoms with Crippen molar-refractivity contribution in [2.24, 2.45) is 0 Å². The van der Waals surface area contributed by atoms with Crippen LogP contribution >= 0.6 is 0 Å². The second kappa shape index (κ2) is 3.23. The number of phenolic OH excluding ortho intramolecular Hbond substituents is 3. The summed E-state index contributed by atoms with van der Waals surface area (Å²) in [5.41, 5.74) is 0.253. The lowest BCUT2D eigenvalue weighted by atomic mass is 10.1. The fraction of sp³-hybridized carbons (Fsp3) is 0.222. The summed E-state index contributed by atoms with van der Waals surface area (Å²) < 4.78 is 4.82. The molecule has 1 aliphatic rings. The highest BCUT2D eigenvalue weighted by atomic mass is 16.6. The van der Waals surface area contributed by atoms with Crippen molar-refractivity contribution < 1.29 is 24.9 Å². The Kier molecular flexibility index (Phi) is 2.03. The molecule has 2 rings (SSSR count). The van der Waals surface area contributed by atoms with E-state index in [0.717, 1.165) is 0 Å². The molecule has 0 saturated carbocycles. The summed E-state index contributed by atoms with van der Waals surface area (Å²) in [6, 6.07) is 2.60. The van der Waals surface area contributed by atoms with Crippen molar-refractivity contribution >= 4 is 6.09 Å². The summed E-state index contributed by atoms with van der Waals surface area (Å²) in [6.07, 6.45) is -1.23. The molecule has 15 heavy (non-hydrogen) atoms. The van der Waals surface area contributed by atoms with E-state index in [9.17, 15) is 15.0 Å². The molecule has 1 saturated heterocycles. The van der Waals surface area contributed by atoms with E-state index >= 15 is 0 Å². The highest BCUT2D eigenvalue weighted by Crippen LogP contribution is 2.41. The smallest absolute Gasteiger partial charge is 0.407 e. The molecule has 1 atom stereocenters. The van der Waals surface area contributed by atoms with Gasteiger partial charge in [-0.05, 0) is 12.1 Å². The maximum atomic E-state index is 10.8. The summed E-state index contributed by atoms with van der Waals surface area (Å²) in [5.74, 6) is -1.51. The normalized spacial score (nSPS) is 19.7. The minimum Gasteiger partial charge on any atom is -0.504 e. The van der Waals surface area contributed by atoms with E-state index < -0.39 is 29.4 Å². The summed E-state index contributed by atoms with van der Waals surface area (Å²) in [4.78, 5) is 10.8. The molecule has 1 aliphatic heterocycles. The number of rotatable bonds is 1. The van der Waals surface area contributed by atoms with Crippen molar-refractivity contribution in [3.8, 4) is 17.2 Å². The Bertz CT molecular complexity index is 417. The summed E-state index contributed by atoms with van der Waals surface area (Å²) in [5, 5.41) is 30.2. The van der Waals surface area contributed by atoms with Gasteiger partial charge in [0.1, 0.15) is 6.10 Å². The van der Waals surface area contributed by atoms with Crippen molar-refractivity contribution in [2.45, 2.75) is 6.10 Å². The number of phenols is 3. The molecule has 0 spiro atoms. The highest BCUT2D eigenvalue weighted by molar-refractivity contribution is 5.70. The number of ether oxygens (including phenoxy) is 1. The molecule has 0 bridgehead atoms. The first-order valence-corrected chi connectivity index (χ1v) is 4.28. The van der Waals surface area contributed by atoms with Crippen molar-refractivity contribution in [1.29, 1.82) is 0 Å². The van der Waals surface area contributed by atoms with Gasteiger partial charge in [0, 0.05) is 5.56 Å². The first-order valence-electron chi connectivity index (χ1n) is 4.28. The zero-order valence-electron chi connectivity index (χ0n) is 7.60. The number of benzene rings is 1. The van der Waals surface area contributed by atoms with Gasteiger partial charge in [0.25, 0.3) is 0 Å². The predicted octanol–water partition coefficient (Wildman–Crippen LogP) is 0.584. The number of hydrogen-bond acceptors (Lipinski definition) is 5. The van der Waals surface area contributed by atoms with Gasteiger partial charge in [-0.1, -0.05) is 0 Å². The number of aromatic hydroxyl groups is 3. The van der Waals surface area contributed by atoms with Gasteiger partial charge in [0.15, 0.2) is 11.5 Å². The third-order valence-electron chi connectivity index (χ3n) is 2.19. The van der Waals surface area contributed by atoms with Crippen LogP contribution in [0.25, 0.3) is 0 Å². The van der Waals surface area contributed by atoms with E-state index in [2.05, 4.69) is 5.32 Å². The van der Waals surface area contributed by atoms with Crippen molar-refractivity contribution in [3.63, 3.8) is 0 Å². The van der Waals surface area contributed by atoms with E-state index in [-0.39, 0.29) is 12.1 Å². The Morgan fingerprint density at radius 2 is 2.00 bits per heavy atom. The summed E-state index contributed by atoms with van der Waals surface area (Å²) in [6.45, 7) is 0.219. The van der Waals surface area contributed by atoms with Gasteiger partial charge >= 0.3 is 6.09 Å². The minimum absolute atomic E-state index is 0.219. The summed E-state index contributed by atoms with van der Waals surface area (Å²) >= 11 is 0. The maximum absolute atomic E-state index is 10.8. The number of cyclic esters (lactones) is 1. The first-order chi connectivity index (χ1) is 7.09. The zero-order valence-corrected chi connectivity index (χ0v) is 7.60. The van der Waals surface area contributed by atoms with E-state index in [4.69, 9.17) is 9.84 Å². The molecular weight excluding hydrogens is 202 g/mol. The van der Waals surface area contributed by atoms with Crippen LogP contribution in [0.3, 0.4) is 0 Å². The molecule has 0 radical (unpaired) electrons. The van der Waals surface area contributed by atoms with Crippen LogP contribution < -0.4 is 5.32 Å². The van der Waals surface area contributed by atoms with E-state index in [1.54, 1.807) is 0 Å². The average molecular weight is 211 g/mol. The van der Waals surface area contributed by atoms with Crippen LogP contribution in [0.4, 0.5) is 4.79 Å². The number of hydrogen-bond donors (Lipinski definition) is 4. The third kappa shape index (κ3) is 1.50. The Labute approximate surface area is 84.7 Å². The van der Waals surface area contributed by atoms with Crippen LogP contribution in [0.15, 0.2) is 12.1 Å². The second-order valence-corrected chi connectivity index (χ2v) is 3.15. The first kappa shape index (κ1) is 9.45. The van der Waals surface area contributed by atoms with Crippen LogP contribution in [0.5, 0.6) is 17.2 Å². The second-order valence-electron chi connectivity index (χ2n) is 3.15. The molecule has 4 N–H and O–H groups in total. The van der Waals surface area contributed by atoms with Gasteiger partial charge in [-0.2, -0.15) is 0 Å². The lowest BCUT2D eigenvalue weighted by Gasteiger charge is -2.11. The van der Waals surface area contributed by atoms with E-state index in [0.29, 0.717) is 0 Å². The van der Waals surface area contributed by atoms with E-state index in [1.165, 1.54) is 12.1 Å². The van der Waals surface area contributed by atoms with Crippen LogP contribution in [0, 0.1) is 0 Å². The Hall–Kier alpha value is -2.11. The van der Waals surface area contributed by atoms with Gasteiger partial charge in [-0.15, -0.1) is 0 Å². The molecular formula is C9H9NO5. The van der Waals surface area contributed by atoms with Crippen molar-refractivity contribution in [3.05, 3.63) is 17.7 Å². The van der Waals surface area contributed by atoms with Gasteiger partial charge in [-0.25, -0.2) is 4.79 Å². The highest BCUT2D eigenvalue weighted by Gasteiger charge is 2.28. The number of alkyl carbamates (subject to hydrolysis) is 1. The summed E-state index contributed by atoms with van der Waals surface area (Å²) in [7, 11) is 0. The van der Waals surface area contributed by atoms with Gasteiger partial charge < -0.3 is 25.4 Å². The quantitative estimate of drug-likeness (QED) is 0.509. The molecule has 1 aromatic carbocycles. The molecule has 1 amide bonds. The molecule has 1 aromatic rings. The lowest BCUT2D eigenvalue weighted by Crippen LogP contribution is -2.12. The molecule has 6 nitrogen and oxygen atoms in total. The van der Waals surface area contributed by atoms with Gasteiger partial charge in [-0.3, -0.25) is 0 Å². The Balaban J connectivity index is 2.37. The Morgan fingerprint density at radius 3 is 2.60 bits per heavy atom. The molecule has 1 fully saturated rings. The third-order valence-corrected chi connectivity index (χ3v) is 2.19. The fourth-order valence-corrected chi connectivity index (χ4v) is 1.41. The monoisotopic (exact) mass is 211 g/mol. The molecule has 0 aliphatic carbocycles. The molecule has 0 aromatic heterocycles. The van der Waals surface area contributed by atoms with Crippen molar-refractivity contribution in [1.82, 2.24) is 5.32 Å². The number of carbonyl (C=O) groups excluding carboxylic acids is 1. The molecule has 1 unspecified atom stereocenters. The zero-order chi connectivity index (χ0) is 11.0. The molecule has 80 valence electrons. The lowest BCUT2D eigenvalue weighted by molar-refractivity contribution is 0.139. The SMILES string of the molecule is O=C1NCC(c2ccc(O)c(O)c2O)O1. The van der Waals surface area contributed by atoms with Crippen LogP contribution in [0.1, 0.15) is 11.7 Å². The van der Waals surface area contributed by atoms with Crippen LogP contribution in [-0.2, 0) is 4.74 Å². The van der Waals surface area contributed by atoms with E-state index in [1.807, 2.05) is 0 Å². The average Bonchev–Trinajstić information content (AvgIpc) is 2.61. The maximum Gasteiger partial charge on any atom is 0.407 e. The number of nitrogens with one attached hydrogen (secondary N) is 1. The number of amides is 1. The standard InChI is InChI=1S/C9H9NO5/c11-5-2-1-4(7(12)8(5)13)6-3-10-9(14)15-6/h1-2,6,11-13H,3H2,(H,10,14). The van der Waals surface area contributed by atoms with Gasteiger partial charge in [0.05, 0.1) is 6.54 Å². The predicted molar refractivity (Wildman–Crippen MR) is 48.7 cm³/mol. The molecule has 1 heterocycles. The van der Waals surface area contributed by atoms with Crippen LogP contribution in [-0.4, -0.2) is 28.0 Å². The minimum atomic E-state index is -0.649. The largest absolute Gasteiger partial charge is 0.504 e. The van der Waals surface area contributed by atoms with Crippen molar-refractivity contribution in [2.75, 3.05) is 6.54 Å². The Morgan fingerprint density at radius 1 is 1.27 bits per heavy atom. The van der Waals surface area contributed by atoms with Gasteiger partial charge in [0.2, 0.25) is 5.75 Å². The number of carbonyl (C=O) groups is 1. The fourth-order valence-electron chi connectivity index (χ4n) is 1.41. The molecule has 6 heteroatoms. The van der Waals surface area contributed by atoms with Crippen LogP contribution in [0.2, 0.25) is 0 Å².